The molecule has 1 amide bonds. The molecule has 2 bridgehead atoms. The average Bonchev–Trinajstić information content (AvgIpc) is 2.37. The van der Waals surface area contributed by atoms with Crippen LogP contribution in [0.25, 0.3) is 0 Å². The van der Waals surface area contributed by atoms with Crippen LogP contribution >= 0.6 is 15.9 Å². The molecule has 2 unspecified atom stereocenters. The third kappa shape index (κ3) is 2.70. The first-order chi connectivity index (χ1) is 9.13. The van der Waals surface area contributed by atoms with Gasteiger partial charge in [0, 0.05) is 29.6 Å². The van der Waals surface area contributed by atoms with Crippen LogP contribution in [0, 0.1) is 6.92 Å². The fourth-order valence-electron chi connectivity index (χ4n) is 3.13. The van der Waals surface area contributed by atoms with E-state index < -0.39 is 0 Å². The molecule has 0 spiro atoms. The molecule has 2 saturated heterocycles. The van der Waals surface area contributed by atoms with E-state index >= 15 is 0 Å². The monoisotopic (exact) mass is 322 g/mol. The quantitative estimate of drug-likeness (QED) is 0.862. The number of fused-ring (bicyclic) bond motifs is 2. The number of piperidine rings is 1. The first kappa shape index (κ1) is 13.1. The van der Waals surface area contributed by atoms with E-state index in [0.29, 0.717) is 12.1 Å². The normalized spacial score (nSPS) is 26.3. The number of likely N-dealkylation sites (tertiary alicyclic amines) is 1. The Balaban J connectivity index is 1.80. The molecule has 2 heterocycles. The van der Waals surface area contributed by atoms with Gasteiger partial charge in [-0.2, -0.15) is 0 Å². The molecule has 4 heteroatoms. The van der Waals surface area contributed by atoms with E-state index in [0.717, 1.165) is 23.1 Å². The van der Waals surface area contributed by atoms with Crippen molar-refractivity contribution < 1.29 is 4.79 Å². The summed E-state index contributed by atoms with van der Waals surface area (Å²) in [5.41, 5.74) is 1.95. The summed E-state index contributed by atoms with van der Waals surface area (Å²) >= 11 is 3.51. The predicted molar refractivity (Wildman–Crippen MR) is 79.3 cm³/mol. The topological polar surface area (TPSA) is 32.3 Å². The van der Waals surface area contributed by atoms with E-state index in [1.54, 1.807) is 0 Å². The van der Waals surface area contributed by atoms with Gasteiger partial charge in [0.1, 0.15) is 0 Å². The van der Waals surface area contributed by atoms with Gasteiger partial charge >= 0.3 is 0 Å². The molecule has 0 aromatic heterocycles. The lowest BCUT2D eigenvalue weighted by Gasteiger charge is -2.42. The van der Waals surface area contributed by atoms with Crippen LogP contribution in [0.4, 0.5) is 0 Å². The number of aryl methyl sites for hydroxylation is 1. The zero-order valence-corrected chi connectivity index (χ0v) is 12.7. The molecular weight excluding hydrogens is 304 g/mol. The van der Waals surface area contributed by atoms with E-state index in [-0.39, 0.29) is 5.91 Å². The molecule has 2 fully saturated rings. The summed E-state index contributed by atoms with van der Waals surface area (Å²) in [5.74, 6) is 0.158. The number of nitrogens with zero attached hydrogens (tertiary/aromatic N) is 1. The van der Waals surface area contributed by atoms with Gasteiger partial charge in [0.15, 0.2) is 0 Å². The lowest BCUT2D eigenvalue weighted by Crippen LogP contribution is -2.59. The number of hydrogen-bond donors (Lipinski definition) is 1. The number of hydrogen-bond acceptors (Lipinski definition) is 2. The zero-order chi connectivity index (χ0) is 13.4. The molecule has 2 aliphatic heterocycles. The second-order valence-corrected chi connectivity index (χ2v) is 6.54. The first-order valence-electron chi connectivity index (χ1n) is 6.95. The number of piperazine rings is 1. The third-order valence-electron chi connectivity index (χ3n) is 4.10. The Kier molecular flexibility index (Phi) is 3.63. The van der Waals surface area contributed by atoms with Crippen LogP contribution in [-0.4, -0.2) is 36.0 Å². The lowest BCUT2D eigenvalue weighted by atomic mass is 9.94. The van der Waals surface area contributed by atoms with E-state index in [9.17, 15) is 4.79 Å². The smallest absolute Gasteiger partial charge is 0.255 e. The fourth-order valence-corrected chi connectivity index (χ4v) is 3.80. The van der Waals surface area contributed by atoms with E-state index in [1.165, 1.54) is 24.8 Å². The summed E-state index contributed by atoms with van der Waals surface area (Å²) < 4.78 is 0.904. The summed E-state index contributed by atoms with van der Waals surface area (Å²) in [4.78, 5) is 14.6. The SMILES string of the molecule is Cc1ccc(C(=O)N2CC3CCCC(C2)N3)c(Br)c1. The Bertz CT molecular complexity index is 491. The lowest BCUT2D eigenvalue weighted by molar-refractivity contribution is 0.0607. The molecule has 2 atom stereocenters. The Morgan fingerprint density at radius 1 is 1.32 bits per heavy atom. The van der Waals surface area contributed by atoms with Crippen LogP contribution in [0.1, 0.15) is 35.2 Å². The standard InChI is InChI=1S/C15H19BrN2O/c1-10-5-6-13(14(16)7-10)15(19)18-8-11-3-2-4-12(9-18)17-11/h5-7,11-12,17H,2-4,8-9H2,1H3. The molecule has 0 radical (unpaired) electrons. The largest absolute Gasteiger partial charge is 0.335 e. The van der Waals surface area contributed by atoms with E-state index in [2.05, 4.69) is 21.2 Å². The molecule has 0 aliphatic carbocycles. The summed E-state index contributed by atoms with van der Waals surface area (Å²) in [5, 5.41) is 3.61. The minimum Gasteiger partial charge on any atom is -0.335 e. The average molecular weight is 323 g/mol. The number of carbonyl (C=O) groups excluding carboxylic acids is 1. The summed E-state index contributed by atoms with van der Waals surface area (Å²) in [7, 11) is 0. The molecule has 0 saturated carbocycles. The number of halogens is 1. The van der Waals surface area contributed by atoms with Gasteiger partial charge in [0.25, 0.3) is 5.91 Å². The van der Waals surface area contributed by atoms with E-state index in [4.69, 9.17) is 0 Å². The van der Waals surface area contributed by atoms with Crippen molar-refractivity contribution in [3.05, 3.63) is 33.8 Å². The van der Waals surface area contributed by atoms with Gasteiger partial charge in [-0.1, -0.05) is 12.5 Å². The van der Waals surface area contributed by atoms with Gasteiger partial charge in [-0.15, -0.1) is 0 Å². The van der Waals surface area contributed by atoms with Crippen LogP contribution in [0.5, 0.6) is 0 Å². The number of amides is 1. The van der Waals surface area contributed by atoms with Crippen LogP contribution < -0.4 is 5.32 Å². The Morgan fingerprint density at radius 2 is 2.00 bits per heavy atom. The minimum atomic E-state index is 0.158. The maximum Gasteiger partial charge on any atom is 0.255 e. The molecule has 3 rings (SSSR count). The van der Waals surface area contributed by atoms with Gasteiger partial charge in [0.05, 0.1) is 5.56 Å². The number of rotatable bonds is 1. The van der Waals surface area contributed by atoms with Crippen molar-refractivity contribution in [2.75, 3.05) is 13.1 Å². The van der Waals surface area contributed by atoms with Crippen LogP contribution in [-0.2, 0) is 0 Å². The van der Waals surface area contributed by atoms with Crippen LogP contribution in [0.2, 0.25) is 0 Å². The predicted octanol–water partition coefficient (Wildman–Crippen LogP) is 2.72. The molecule has 102 valence electrons. The fraction of sp³-hybridized carbons (Fsp3) is 0.533. The second kappa shape index (κ2) is 5.25. The van der Waals surface area contributed by atoms with Crippen molar-refractivity contribution in [2.45, 2.75) is 38.3 Å². The Morgan fingerprint density at radius 3 is 2.63 bits per heavy atom. The highest BCUT2D eigenvalue weighted by Gasteiger charge is 2.32. The molecule has 2 aliphatic rings. The maximum atomic E-state index is 12.6. The number of benzene rings is 1. The van der Waals surface area contributed by atoms with Crippen molar-refractivity contribution in [3.63, 3.8) is 0 Å². The van der Waals surface area contributed by atoms with E-state index in [1.807, 2.05) is 30.0 Å². The van der Waals surface area contributed by atoms with Crippen molar-refractivity contribution in [1.82, 2.24) is 10.2 Å². The molecule has 1 aromatic rings. The van der Waals surface area contributed by atoms with Crippen LogP contribution in [0.3, 0.4) is 0 Å². The van der Waals surface area contributed by atoms with Crippen molar-refractivity contribution in [3.8, 4) is 0 Å². The first-order valence-corrected chi connectivity index (χ1v) is 7.74. The Hall–Kier alpha value is -0.870. The maximum absolute atomic E-state index is 12.6. The molecular formula is C15H19BrN2O. The molecule has 3 nitrogen and oxygen atoms in total. The zero-order valence-electron chi connectivity index (χ0n) is 11.2. The Labute approximate surface area is 122 Å². The minimum absolute atomic E-state index is 0.158. The highest BCUT2D eigenvalue weighted by atomic mass is 79.9. The van der Waals surface area contributed by atoms with Gasteiger partial charge in [-0.25, -0.2) is 0 Å². The van der Waals surface area contributed by atoms with Gasteiger partial charge in [-0.3, -0.25) is 4.79 Å². The summed E-state index contributed by atoms with van der Waals surface area (Å²) in [6.45, 7) is 3.72. The number of nitrogens with one attached hydrogen (secondary N) is 1. The summed E-state index contributed by atoms with van der Waals surface area (Å²) in [6.07, 6.45) is 3.67. The van der Waals surface area contributed by atoms with Gasteiger partial charge in [0.2, 0.25) is 0 Å². The molecule has 1 N–H and O–H groups in total. The van der Waals surface area contributed by atoms with Gasteiger partial charge in [-0.05, 0) is 53.4 Å². The molecule has 1 aromatic carbocycles. The number of carbonyl (C=O) groups is 1. The van der Waals surface area contributed by atoms with Crippen molar-refractivity contribution in [1.29, 1.82) is 0 Å². The van der Waals surface area contributed by atoms with Crippen molar-refractivity contribution in [2.24, 2.45) is 0 Å². The third-order valence-corrected chi connectivity index (χ3v) is 4.76. The highest BCUT2D eigenvalue weighted by molar-refractivity contribution is 9.10. The van der Waals surface area contributed by atoms with Crippen LogP contribution in [0.15, 0.2) is 22.7 Å². The molecule has 19 heavy (non-hydrogen) atoms. The second-order valence-electron chi connectivity index (χ2n) is 5.68. The van der Waals surface area contributed by atoms with Gasteiger partial charge < -0.3 is 10.2 Å². The van der Waals surface area contributed by atoms with Crippen molar-refractivity contribution >= 4 is 21.8 Å². The summed E-state index contributed by atoms with van der Waals surface area (Å²) in [6, 6.07) is 6.91. The highest BCUT2D eigenvalue weighted by Crippen LogP contribution is 2.24.